The smallest absolute Gasteiger partial charge is 0.359 e. The number of carbonyl (C=O) groups is 2. The fourth-order valence-corrected chi connectivity index (χ4v) is 2.01. The summed E-state index contributed by atoms with van der Waals surface area (Å²) in [6, 6.07) is 9.22. The summed E-state index contributed by atoms with van der Waals surface area (Å²) in [7, 11) is 1.26. The van der Waals surface area contributed by atoms with Gasteiger partial charge in [0.2, 0.25) is 0 Å². The molecule has 0 aliphatic rings. The molecule has 0 atom stereocenters. The van der Waals surface area contributed by atoms with Crippen LogP contribution in [0.3, 0.4) is 0 Å². The molecular formula is C15H16N2O4. The Morgan fingerprint density at radius 2 is 1.86 bits per heavy atom. The van der Waals surface area contributed by atoms with Gasteiger partial charge in [-0.2, -0.15) is 5.10 Å². The van der Waals surface area contributed by atoms with Crippen LogP contribution in [0.15, 0.2) is 30.3 Å². The lowest BCUT2D eigenvalue weighted by Crippen LogP contribution is -2.12. The molecule has 0 radical (unpaired) electrons. The molecule has 0 saturated carbocycles. The zero-order valence-corrected chi connectivity index (χ0v) is 12.1. The quantitative estimate of drug-likeness (QED) is 0.806. The molecule has 0 N–H and O–H groups in total. The topological polar surface area (TPSA) is 70.4 Å². The Morgan fingerprint density at radius 1 is 1.19 bits per heavy atom. The van der Waals surface area contributed by atoms with Gasteiger partial charge in [0.15, 0.2) is 5.69 Å². The van der Waals surface area contributed by atoms with Gasteiger partial charge in [0, 0.05) is 0 Å². The maximum atomic E-state index is 12.0. The molecule has 1 aromatic heterocycles. The number of benzene rings is 1. The third kappa shape index (κ3) is 2.79. The number of rotatable bonds is 4. The Balaban J connectivity index is 2.60. The van der Waals surface area contributed by atoms with Crippen molar-refractivity contribution in [2.45, 2.75) is 13.8 Å². The van der Waals surface area contributed by atoms with Crippen molar-refractivity contribution in [1.29, 1.82) is 0 Å². The fourth-order valence-electron chi connectivity index (χ4n) is 2.01. The molecule has 0 aliphatic heterocycles. The van der Waals surface area contributed by atoms with Crippen LogP contribution in [0.25, 0.3) is 5.69 Å². The van der Waals surface area contributed by atoms with Crippen molar-refractivity contribution in [2.24, 2.45) is 0 Å². The summed E-state index contributed by atoms with van der Waals surface area (Å²) in [6.45, 7) is 3.60. The highest BCUT2D eigenvalue weighted by atomic mass is 16.5. The van der Waals surface area contributed by atoms with Gasteiger partial charge in [-0.25, -0.2) is 14.3 Å². The Kier molecular flexibility index (Phi) is 4.37. The van der Waals surface area contributed by atoms with Gasteiger partial charge in [0.05, 0.1) is 25.1 Å². The highest BCUT2D eigenvalue weighted by Gasteiger charge is 2.27. The number of carbonyl (C=O) groups excluding carboxylic acids is 2. The minimum absolute atomic E-state index is 0.0370. The monoisotopic (exact) mass is 288 g/mol. The van der Waals surface area contributed by atoms with E-state index in [-0.39, 0.29) is 17.9 Å². The van der Waals surface area contributed by atoms with Crippen LogP contribution in [0.2, 0.25) is 0 Å². The summed E-state index contributed by atoms with van der Waals surface area (Å²) >= 11 is 0. The predicted octanol–water partition coefficient (Wildman–Crippen LogP) is 2.14. The number of methoxy groups -OCH3 is 1. The first-order valence-electron chi connectivity index (χ1n) is 6.50. The third-order valence-electron chi connectivity index (χ3n) is 2.98. The zero-order chi connectivity index (χ0) is 15.4. The SMILES string of the molecule is CCOC(=O)c1nn(-c2ccccc2)c(C)c1C(=O)OC. The van der Waals surface area contributed by atoms with E-state index in [9.17, 15) is 9.59 Å². The van der Waals surface area contributed by atoms with Crippen LogP contribution in [-0.4, -0.2) is 35.4 Å². The van der Waals surface area contributed by atoms with E-state index in [0.717, 1.165) is 5.69 Å². The van der Waals surface area contributed by atoms with E-state index in [4.69, 9.17) is 9.47 Å². The Labute approximate surface area is 122 Å². The molecule has 2 aromatic rings. The molecule has 0 fully saturated rings. The largest absolute Gasteiger partial charge is 0.465 e. The molecule has 0 saturated heterocycles. The second kappa shape index (κ2) is 6.21. The van der Waals surface area contributed by atoms with Crippen LogP contribution in [0, 0.1) is 6.92 Å². The second-order valence-electron chi connectivity index (χ2n) is 4.27. The van der Waals surface area contributed by atoms with Gasteiger partial charge >= 0.3 is 11.9 Å². The van der Waals surface area contributed by atoms with Crippen molar-refractivity contribution in [3.05, 3.63) is 47.3 Å². The second-order valence-corrected chi connectivity index (χ2v) is 4.27. The van der Waals surface area contributed by atoms with Gasteiger partial charge in [0.25, 0.3) is 0 Å². The van der Waals surface area contributed by atoms with Gasteiger partial charge in [-0.3, -0.25) is 0 Å². The summed E-state index contributed by atoms with van der Waals surface area (Å²) in [4.78, 5) is 23.9. The summed E-state index contributed by atoms with van der Waals surface area (Å²) in [5.74, 6) is -1.26. The van der Waals surface area contributed by atoms with Gasteiger partial charge in [-0.1, -0.05) is 18.2 Å². The van der Waals surface area contributed by atoms with E-state index < -0.39 is 11.9 Å². The van der Waals surface area contributed by atoms with Crippen LogP contribution >= 0.6 is 0 Å². The minimum Gasteiger partial charge on any atom is -0.465 e. The molecule has 0 bridgehead atoms. The van der Waals surface area contributed by atoms with Gasteiger partial charge in [0.1, 0.15) is 5.56 Å². The number of nitrogens with zero attached hydrogens (tertiary/aromatic N) is 2. The molecule has 0 spiro atoms. The molecule has 110 valence electrons. The van der Waals surface area contributed by atoms with Crippen LogP contribution < -0.4 is 0 Å². The van der Waals surface area contributed by atoms with Crippen molar-refractivity contribution < 1.29 is 19.1 Å². The highest BCUT2D eigenvalue weighted by molar-refractivity contribution is 6.02. The number of hydrogen-bond acceptors (Lipinski definition) is 5. The summed E-state index contributed by atoms with van der Waals surface area (Å²) < 4.78 is 11.2. The minimum atomic E-state index is -0.643. The highest BCUT2D eigenvalue weighted by Crippen LogP contribution is 2.20. The molecule has 6 heteroatoms. The van der Waals surface area contributed by atoms with E-state index in [1.54, 1.807) is 13.8 Å². The average Bonchev–Trinajstić information content (AvgIpc) is 2.85. The lowest BCUT2D eigenvalue weighted by Gasteiger charge is -2.04. The number of aromatic nitrogens is 2. The first-order valence-corrected chi connectivity index (χ1v) is 6.50. The lowest BCUT2D eigenvalue weighted by atomic mass is 10.2. The first kappa shape index (κ1) is 14.8. The Bertz CT molecular complexity index is 662. The van der Waals surface area contributed by atoms with E-state index >= 15 is 0 Å². The Hall–Kier alpha value is -2.63. The summed E-state index contributed by atoms with van der Waals surface area (Å²) in [5.41, 5.74) is 1.36. The van der Waals surface area contributed by atoms with Crippen LogP contribution in [-0.2, 0) is 9.47 Å². The number of esters is 2. The third-order valence-corrected chi connectivity index (χ3v) is 2.98. The zero-order valence-electron chi connectivity index (χ0n) is 12.1. The van der Waals surface area contributed by atoms with E-state index in [1.807, 2.05) is 30.3 Å². The standard InChI is InChI=1S/C15H16N2O4/c1-4-21-15(19)13-12(14(18)20-3)10(2)17(16-13)11-8-6-5-7-9-11/h5-9H,4H2,1-3H3. The van der Waals surface area contributed by atoms with E-state index in [2.05, 4.69) is 5.10 Å². The van der Waals surface area contributed by atoms with Gasteiger partial charge in [-0.15, -0.1) is 0 Å². The van der Waals surface area contributed by atoms with Crippen molar-refractivity contribution in [2.75, 3.05) is 13.7 Å². The fraction of sp³-hybridized carbons (Fsp3) is 0.267. The van der Waals surface area contributed by atoms with E-state index in [1.165, 1.54) is 11.8 Å². The first-order chi connectivity index (χ1) is 10.1. The molecular weight excluding hydrogens is 272 g/mol. The number of para-hydroxylation sites is 1. The number of ether oxygens (including phenoxy) is 2. The molecule has 0 unspecified atom stereocenters. The van der Waals surface area contributed by atoms with Gasteiger partial charge < -0.3 is 9.47 Å². The molecule has 1 aromatic carbocycles. The molecule has 1 heterocycles. The van der Waals surface area contributed by atoms with Crippen LogP contribution in [0.4, 0.5) is 0 Å². The summed E-state index contributed by atoms with van der Waals surface area (Å²) in [6.07, 6.45) is 0. The Morgan fingerprint density at radius 3 is 2.43 bits per heavy atom. The normalized spacial score (nSPS) is 10.2. The molecule has 6 nitrogen and oxygen atoms in total. The predicted molar refractivity (Wildman–Crippen MR) is 75.6 cm³/mol. The van der Waals surface area contributed by atoms with E-state index in [0.29, 0.717) is 5.69 Å². The lowest BCUT2D eigenvalue weighted by molar-refractivity contribution is 0.0498. The maximum absolute atomic E-state index is 12.0. The maximum Gasteiger partial charge on any atom is 0.359 e. The summed E-state index contributed by atoms with van der Waals surface area (Å²) in [5, 5.41) is 4.21. The molecule has 0 amide bonds. The van der Waals surface area contributed by atoms with Crippen molar-refractivity contribution in [1.82, 2.24) is 9.78 Å². The molecule has 2 rings (SSSR count). The number of hydrogen-bond donors (Lipinski definition) is 0. The van der Waals surface area contributed by atoms with Crippen LogP contribution in [0.5, 0.6) is 0 Å². The molecule has 21 heavy (non-hydrogen) atoms. The van der Waals surface area contributed by atoms with Gasteiger partial charge in [-0.05, 0) is 26.0 Å². The van der Waals surface area contributed by atoms with Crippen LogP contribution in [0.1, 0.15) is 33.5 Å². The van der Waals surface area contributed by atoms with Crippen molar-refractivity contribution in [3.8, 4) is 5.69 Å². The molecule has 0 aliphatic carbocycles. The van der Waals surface area contributed by atoms with Crippen molar-refractivity contribution in [3.63, 3.8) is 0 Å². The van der Waals surface area contributed by atoms with Crippen molar-refractivity contribution >= 4 is 11.9 Å². The average molecular weight is 288 g/mol.